The zero-order valence-corrected chi connectivity index (χ0v) is 19.8. The van der Waals surface area contributed by atoms with Crippen molar-refractivity contribution < 1.29 is 4.79 Å². The Kier molecular flexibility index (Phi) is 6.63. The van der Waals surface area contributed by atoms with Crippen LogP contribution in [-0.2, 0) is 10.3 Å². The van der Waals surface area contributed by atoms with Crippen molar-refractivity contribution in [2.45, 2.75) is 16.8 Å². The van der Waals surface area contributed by atoms with E-state index < -0.39 is 5.54 Å². The fourth-order valence-corrected chi connectivity index (χ4v) is 6.68. The topological polar surface area (TPSA) is 41.1 Å². The third-order valence-electron chi connectivity index (χ3n) is 6.11. The molecule has 0 aliphatic carbocycles. The molecule has 0 unspecified atom stereocenters. The van der Waals surface area contributed by atoms with Crippen molar-refractivity contribution in [2.75, 3.05) is 12.3 Å². The van der Waals surface area contributed by atoms with Gasteiger partial charge in [-0.15, -0.1) is 23.1 Å². The van der Waals surface area contributed by atoms with Gasteiger partial charge in [0, 0.05) is 17.2 Å². The maximum absolute atomic E-state index is 13.3. The van der Waals surface area contributed by atoms with Crippen molar-refractivity contribution in [1.29, 1.82) is 0 Å². The Hall–Kier alpha value is -2.86. The molecule has 1 amide bonds. The summed E-state index contributed by atoms with van der Waals surface area (Å²) in [5.41, 5.74) is 2.67. The highest BCUT2D eigenvalue weighted by Crippen LogP contribution is 2.39. The molecule has 2 N–H and O–H groups in total. The standard InChI is InChI=1S/C28H26N2OS2/c31-27-24(20-33-26(19-29-27)25-17-10-18-32-25)30-28(21-11-4-1-5-12-21,22-13-6-2-7-14-22)23-15-8-3-9-16-23/h1-18,24,26,30H,19-20H2,(H,29,31)/t24-,26+/m0/s1. The molecule has 1 saturated heterocycles. The Bertz CT molecular complexity index is 1070. The number of benzene rings is 3. The van der Waals surface area contributed by atoms with E-state index in [1.54, 1.807) is 11.3 Å². The second kappa shape index (κ2) is 9.96. The van der Waals surface area contributed by atoms with Gasteiger partial charge in [0.1, 0.15) is 0 Å². The highest BCUT2D eigenvalue weighted by molar-refractivity contribution is 7.99. The number of carbonyl (C=O) groups excluding carboxylic acids is 1. The molecule has 0 spiro atoms. The highest BCUT2D eigenvalue weighted by Gasteiger charge is 2.40. The van der Waals surface area contributed by atoms with Gasteiger partial charge in [0.25, 0.3) is 0 Å². The van der Waals surface area contributed by atoms with Crippen molar-refractivity contribution in [3.63, 3.8) is 0 Å². The van der Waals surface area contributed by atoms with E-state index in [1.807, 2.05) is 30.0 Å². The molecule has 1 fully saturated rings. The van der Waals surface area contributed by atoms with Crippen molar-refractivity contribution in [2.24, 2.45) is 0 Å². The first kappa shape index (κ1) is 22.0. The summed E-state index contributed by atoms with van der Waals surface area (Å²) in [4.78, 5) is 14.6. The van der Waals surface area contributed by atoms with Crippen LogP contribution in [0.4, 0.5) is 0 Å². The molecule has 4 aromatic rings. The monoisotopic (exact) mass is 470 g/mol. The number of hydrogen-bond acceptors (Lipinski definition) is 4. The fourth-order valence-electron chi connectivity index (χ4n) is 4.50. The molecule has 3 aromatic carbocycles. The largest absolute Gasteiger partial charge is 0.353 e. The van der Waals surface area contributed by atoms with Gasteiger partial charge in [0.05, 0.1) is 16.8 Å². The van der Waals surface area contributed by atoms with Gasteiger partial charge in [0.2, 0.25) is 5.91 Å². The number of thiophene rings is 1. The lowest BCUT2D eigenvalue weighted by Crippen LogP contribution is -2.55. The van der Waals surface area contributed by atoms with Crippen LogP contribution in [0.15, 0.2) is 109 Å². The van der Waals surface area contributed by atoms with Crippen molar-refractivity contribution >= 4 is 29.0 Å². The van der Waals surface area contributed by atoms with E-state index in [-0.39, 0.29) is 17.2 Å². The van der Waals surface area contributed by atoms with Crippen LogP contribution in [-0.4, -0.2) is 24.2 Å². The fraction of sp³-hybridized carbons (Fsp3) is 0.179. The Balaban J connectivity index is 1.58. The maximum Gasteiger partial charge on any atom is 0.238 e. The Morgan fingerprint density at radius 3 is 1.79 bits per heavy atom. The number of thioether (sulfide) groups is 1. The molecule has 3 nitrogen and oxygen atoms in total. The van der Waals surface area contributed by atoms with Gasteiger partial charge in [-0.2, -0.15) is 0 Å². The summed E-state index contributed by atoms with van der Waals surface area (Å²) >= 11 is 3.60. The lowest BCUT2D eigenvalue weighted by Gasteiger charge is -2.39. The Morgan fingerprint density at radius 1 is 0.758 bits per heavy atom. The molecule has 2 atom stereocenters. The molecule has 0 radical (unpaired) electrons. The van der Waals surface area contributed by atoms with E-state index in [1.165, 1.54) is 4.88 Å². The van der Waals surface area contributed by atoms with Gasteiger partial charge in [-0.3, -0.25) is 10.1 Å². The van der Waals surface area contributed by atoms with Crippen LogP contribution in [0.2, 0.25) is 0 Å². The normalized spacial score (nSPS) is 19.0. The van der Waals surface area contributed by atoms with Crippen molar-refractivity contribution in [3.8, 4) is 0 Å². The summed E-state index contributed by atoms with van der Waals surface area (Å²) in [6.45, 7) is 0.650. The molecule has 5 heteroatoms. The molecular formula is C28H26N2OS2. The lowest BCUT2D eigenvalue weighted by atomic mass is 9.76. The van der Waals surface area contributed by atoms with Gasteiger partial charge in [-0.25, -0.2) is 0 Å². The minimum atomic E-state index is -0.658. The summed E-state index contributed by atoms with van der Waals surface area (Å²) in [6.07, 6.45) is 0. The molecule has 1 aliphatic heterocycles. The summed E-state index contributed by atoms with van der Waals surface area (Å²) in [6, 6.07) is 35.2. The van der Waals surface area contributed by atoms with E-state index in [0.29, 0.717) is 12.3 Å². The first-order valence-corrected chi connectivity index (χ1v) is 13.1. The smallest absolute Gasteiger partial charge is 0.238 e. The van der Waals surface area contributed by atoms with Gasteiger partial charge in [-0.1, -0.05) is 97.1 Å². The second-order valence-corrected chi connectivity index (χ2v) is 10.3. The minimum absolute atomic E-state index is 0.0497. The Labute approximate surface area is 203 Å². The third-order valence-corrected chi connectivity index (χ3v) is 8.60. The zero-order chi connectivity index (χ0) is 22.5. The number of hydrogen-bond donors (Lipinski definition) is 2. The van der Waals surface area contributed by atoms with Crippen molar-refractivity contribution in [1.82, 2.24) is 10.6 Å². The SMILES string of the molecule is O=C1NC[C@H](c2cccs2)SC[C@@H]1NC(c1ccccc1)(c1ccccc1)c1ccccc1. The average molecular weight is 471 g/mol. The first-order chi connectivity index (χ1) is 16.3. The molecule has 0 bridgehead atoms. The van der Waals surface area contributed by atoms with Crippen LogP contribution in [0.1, 0.15) is 26.8 Å². The second-order valence-electron chi connectivity index (χ2n) is 8.13. The van der Waals surface area contributed by atoms with E-state index in [0.717, 1.165) is 16.7 Å². The van der Waals surface area contributed by atoms with Gasteiger partial charge in [-0.05, 0) is 28.1 Å². The van der Waals surface area contributed by atoms with Crippen LogP contribution in [0, 0.1) is 0 Å². The van der Waals surface area contributed by atoms with E-state index in [9.17, 15) is 4.79 Å². The third kappa shape index (κ3) is 4.49. The predicted octanol–water partition coefficient (Wildman–Crippen LogP) is 5.60. The van der Waals surface area contributed by atoms with E-state index >= 15 is 0 Å². The average Bonchev–Trinajstić information content (AvgIpc) is 3.36. The van der Waals surface area contributed by atoms with Gasteiger partial charge >= 0.3 is 0 Å². The van der Waals surface area contributed by atoms with Gasteiger partial charge < -0.3 is 5.32 Å². The van der Waals surface area contributed by atoms with E-state index in [2.05, 4.69) is 101 Å². The molecule has 2 heterocycles. The highest BCUT2D eigenvalue weighted by atomic mass is 32.2. The summed E-state index contributed by atoms with van der Waals surface area (Å²) in [5.74, 6) is 0.747. The number of rotatable bonds is 6. The number of nitrogens with one attached hydrogen (secondary N) is 2. The maximum atomic E-state index is 13.3. The number of carbonyl (C=O) groups is 1. The lowest BCUT2D eigenvalue weighted by molar-refractivity contribution is -0.122. The van der Waals surface area contributed by atoms with Crippen LogP contribution in [0.5, 0.6) is 0 Å². The predicted molar refractivity (Wildman–Crippen MR) is 139 cm³/mol. The first-order valence-electron chi connectivity index (χ1n) is 11.1. The molecule has 1 aromatic heterocycles. The summed E-state index contributed by atoms with van der Waals surface area (Å²) in [5, 5.41) is 9.42. The van der Waals surface area contributed by atoms with Gasteiger partial charge in [0.15, 0.2) is 0 Å². The van der Waals surface area contributed by atoms with Crippen LogP contribution in [0.3, 0.4) is 0 Å². The molecule has 1 aliphatic rings. The quantitative estimate of drug-likeness (QED) is 0.360. The number of amides is 1. The van der Waals surface area contributed by atoms with Crippen LogP contribution >= 0.6 is 23.1 Å². The molecule has 33 heavy (non-hydrogen) atoms. The molecule has 0 saturated carbocycles. The van der Waals surface area contributed by atoms with Crippen LogP contribution in [0.25, 0.3) is 0 Å². The summed E-state index contributed by atoms with van der Waals surface area (Å²) < 4.78 is 0. The Morgan fingerprint density at radius 2 is 1.30 bits per heavy atom. The minimum Gasteiger partial charge on any atom is -0.353 e. The zero-order valence-electron chi connectivity index (χ0n) is 18.2. The molecular weight excluding hydrogens is 444 g/mol. The van der Waals surface area contributed by atoms with Crippen molar-refractivity contribution in [3.05, 3.63) is 130 Å². The molecule has 5 rings (SSSR count). The summed E-state index contributed by atoms with van der Waals surface area (Å²) in [7, 11) is 0. The van der Waals surface area contributed by atoms with Crippen LogP contribution < -0.4 is 10.6 Å². The van der Waals surface area contributed by atoms with E-state index in [4.69, 9.17) is 0 Å². The molecule has 166 valence electrons.